The Balaban J connectivity index is 1.56. The molecular formula is C21H23NOS. The zero-order chi connectivity index (χ0) is 16.9. The van der Waals surface area contributed by atoms with Gasteiger partial charge in [-0.05, 0) is 41.0 Å². The van der Waals surface area contributed by atoms with Gasteiger partial charge in [0.05, 0.1) is 10.9 Å². The molecule has 3 heteroatoms. The number of hydrogen-bond donors (Lipinski definition) is 1. The van der Waals surface area contributed by atoms with Gasteiger partial charge in [0.2, 0.25) is 0 Å². The molecule has 0 amide bonds. The molecule has 2 aromatic rings. The molecule has 2 nitrogen and oxygen atoms in total. The molecular weight excluding hydrogens is 314 g/mol. The maximum Gasteiger partial charge on any atom is 0.155 e. The highest BCUT2D eigenvalue weighted by atomic mass is 32.2. The van der Waals surface area contributed by atoms with Gasteiger partial charge in [-0.25, -0.2) is 0 Å². The van der Waals surface area contributed by atoms with E-state index in [1.54, 1.807) is 0 Å². The second-order valence-electron chi connectivity index (χ2n) is 7.61. The van der Waals surface area contributed by atoms with Crippen LogP contribution in [0.3, 0.4) is 0 Å². The molecule has 2 aliphatic heterocycles. The van der Waals surface area contributed by atoms with E-state index in [0.717, 1.165) is 17.1 Å². The number of nitrogens with one attached hydrogen (secondary N) is 1. The van der Waals surface area contributed by atoms with Crippen molar-refractivity contribution in [1.82, 2.24) is 0 Å². The summed E-state index contributed by atoms with van der Waals surface area (Å²) < 4.78 is 6.18. The van der Waals surface area contributed by atoms with Crippen molar-refractivity contribution >= 4 is 17.4 Å². The minimum atomic E-state index is 0.0918. The average Bonchev–Trinajstić information content (AvgIpc) is 3.08. The molecule has 2 atom stereocenters. The predicted octanol–water partition coefficient (Wildman–Crippen LogP) is 5.79. The fourth-order valence-corrected chi connectivity index (χ4v) is 4.47. The first-order valence-electron chi connectivity index (χ1n) is 8.43. The number of fused-ring (bicyclic) bond motifs is 3. The molecule has 0 aromatic heterocycles. The fourth-order valence-electron chi connectivity index (χ4n) is 3.30. The van der Waals surface area contributed by atoms with E-state index in [0.29, 0.717) is 5.25 Å². The third-order valence-corrected chi connectivity index (χ3v) is 5.96. The van der Waals surface area contributed by atoms with E-state index in [9.17, 15) is 0 Å². The number of benzene rings is 2. The highest BCUT2D eigenvalue weighted by Gasteiger charge is 2.40. The molecule has 0 spiro atoms. The third-order valence-electron chi connectivity index (χ3n) is 4.77. The van der Waals surface area contributed by atoms with E-state index in [1.165, 1.54) is 16.7 Å². The summed E-state index contributed by atoms with van der Waals surface area (Å²) in [4.78, 5) is 0. The predicted molar refractivity (Wildman–Crippen MR) is 103 cm³/mol. The van der Waals surface area contributed by atoms with Crippen LogP contribution in [-0.2, 0) is 5.41 Å². The molecule has 0 fully saturated rings. The summed E-state index contributed by atoms with van der Waals surface area (Å²) in [6, 6.07) is 15.1. The first-order chi connectivity index (χ1) is 11.4. The zero-order valence-corrected chi connectivity index (χ0v) is 15.4. The molecule has 2 aliphatic rings. The highest BCUT2D eigenvalue weighted by molar-refractivity contribution is 8.02. The van der Waals surface area contributed by atoms with Crippen molar-refractivity contribution in [1.29, 1.82) is 0 Å². The minimum Gasteiger partial charge on any atom is -0.482 e. The van der Waals surface area contributed by atoms with E-state index in [-0.39, 0.29) is 11.5 Å². The van der Waals surface area contributed by atoms with Gasteiger partial charge in [0.25, 0.3) is 0 Å². The van der Waals surface area contributed by atoms with Crippen LogP contribution in [0, 0.1) is 6.92 Å². The van der Waals surface area contributed by atoms with Crippen molar-refractivity contribution < 1.29 is 4.74 Å². The van der Waals surface area contributed by atoms with Gasteiger partial charge in [-0.1, -0.05) is 51.1 Å². The topological polar surface area (TPSA) is 21.3 Å². The third kappa shape index (κ3) is 2.61. The molecule has 0 saturated carbocycles. The SMILES string of the molecule is Cc1cc(C(C)(C)C)ccc1NC1=CSC2c3ccccc3O[C@@H]12. The Morgan fingerprint density at radius 1 is 1.08 bits per heavy atom. The quantitative estimate of drug-likeness (QED) is 0.749. The van der Waals surface area contributed by atoms with Gasteiger partial charge in [-0.2, -0.15) is 0 Å². The first-order valence-corrected chi connectivity index (χ1v) is 9.37. The second kappa shape index (κ2) is 5.59. The smallest absolute Gasteiger partial charge is 0.155 e. The van der Waals surface area contributed by atoms with Gasteiger partial charge >= 0.3 is 0 Å². The molecule has 2 aromatic carbocycles. The number of hydrogen-bond acceptors (Lipinski definition) is 3. The molecule has 124 valence electrons. The van der Waals surface area contributed by atoms with Gasteiger partial charge < -0.3 is 10.1 Å². The standard InChI is InChI=1S/C21H23NOS/c1-13-11-14(21(2,3)4)9-10-16(13)22-17-12-24-20-15-7-5-6-8-18(15)23-19(17)20/h5-12,19-20,22H,1-4H3/t19-,20?/m0/s1. The van der Waals surface area contributed by atoms with Crippen molar-refractivity contribution in [2.45, 2.75) is 44.5 Å². The van der Waals surface area contributed by atoms with Crippen molar-refractivity contribution in [3.63, 3.8) is 0 Å². The Labute approximate surface area is 148 Å². The van der Waals surface area contributed by atoms with Crippen LogP contribution in [-0.4, -0.2) is 6.10 Å². The van der Waals surface area contributed by atoms with Crippen LogP contribution in [0.5, 0.6) is 5.75 Å². The molecule has 1 unspecified atom stereocenters. The Bertz CT molecular complexity index is 819. The van der Waals surface area contributed by atoms with Crippen molar-refractivity contribution in [2.75, 3.05) is 5.32 Å². The van der Waals surface area contributed by atoms with Gasteiger partial charge in [0.15, 0.2) is 6.10 Å². The number of aryl methyl sites for hydroxylation is 1. The van der Waals surface area contributed by atoms with Crippen molar-refractivity contribution in [3.8, 4) is 5.75 Å². The number of anilines is 1. The van der Waals surface area contributed by atoms with Crippen LogP contribution in [0.15, 0.2) is 53.6 Å². The largest absolute Gasteiger partial charge is 0.482 e. The normalized spacial score (nSPS) is 21.8. The molecule has 4 rings (SSSR count). The summed E-state index contributed by atoms with van der Waals surface area (Å²) >= 11 is 1.85. The van der Waals surface area contributed by atoms with E-state index >= 15 is 0 Å². The summed E-state index contributed by atoms with van der Waals surface area (Å²) in [5, 5.41) is 6.19. The highest BCUT2D eigenvalue weighted by Crippen LogP contribution is 2.52. The molecule has 24 heavy (non-hydrogen) atoms. The lowest BCUT2D eigenvalue weighted by Crippen LogP contribution is -2.21. The Morgan fingerprint density at radius 2 is 1.88 bits per heavy atom. The minimum absolute atomic E-state index is 0.0918. The molecule has 1 N–H and O–H groups in total. The average molecular weight is 337 g/mol. The number of thioether (sulfide) groups is 1. The monoisotopic (exact) mass is 337 g/mol. The Hall–Kier alpha value is -1.87. The van der Waals surface area contributed by atoms with E-state index < -0.39 is 0 Å². The van der Waals surface area contributed by atoms with Crippen LogP contribution in [0.4, 0.5) is 5.69 Å². The lowest BCUT2D eigenvalue weighted by molar-refractivity contribution is 0.272. The first kappa shape index (κ1) is 15.6. The lowest BCUT2D eigenvalue weighted by Gasteiger charge is -2.22. The van der Waals surface area contributed by atoms with Gasteiger partial charge in [0.1, 0.15) is 5.75 Å². The lowest BCUT2D eigenvalue weighted by atomic mass is 9.86. The maximum atomic E-state index is 6.18. The zero-order valence-electron chi connectivity index (χ0n) is 14.6. The number of para-hydroxylation sites is 1. The van der Waals surface area contributed by atoms with E-state index in [4.69, 9.17) is 4.74 Å². The molecule has 0 saturated heterocycles. The van der Waals surface area contributed by atoms with Gasteiger partial charge in [-0.15, -0.1) is 11.8 Å². The molecule has 0 aliphatic carbocycles. The summed E-state index contributed by atoms with van der Waals surface area (Å²) in [6.07, 6.45) is 0.0918. The van der Waals surface area contributed by atoms with E-state index in [2.05, 4.69) is 74.8 Å². The van der Waals surface area contributed by atoms with Crippen LogP contribution in [0.2, 0.25) is 0 Å². The van der Waals surface area contributed by atoms with Crippen LogP contribution < -0.4 is 10.1 Å². The summed E-state index contributed by atoms with van der Waals surface area (Å²) in [5.41, 5.74) is 6.44. The Morgan fingerprint density at radius 3 is 2.62 bits per heavy atom. The van der Waals surface area contributed by atoms with Crippen LogP contribution in [0.25, 0.3) is 0 Å². The number of ether oxygens (including phenoxy) is 1. The van der Waals surface area contributed by atoms with Crippen LogP contribution in [0.1, 0.15) is 42.7 Å². The van der Waals surface area contributed by atoms with Crippen molar-refractivity contribution in [2.24, 2.45) is 0 Å². The summed E-state index contributed by atoms with van der Waals surface area (Å²) in [7, 11) is 0. The second-order valence-corrected chi connectivity index (χ2v) is 8.63. The summed E-state index contributed by atoms with van der Waals surface area (Å²) in [5.74, 6) is 1.02. The van der Waals surface area contributed by atoms with Crippen molar-refractivity contribution in [3.05, 3.63) is 70.3 Å². The fraction of sp³-hybridized carbons (Fsp3) is 0.333. The van der Waals surface area contributed by atoms with E-state index in [1.807, 2.05) is 17.8 Å². The molecule has 2 heterocycles. The molecule has 0 radical (unpaired) electrons. The van der Waals surface area contributed by atoms with Crippen LogP contribution >= 0.6 is 11.8 Å². The maximum absolute atomic E-state index is 6.18. The Kier molecular flexibility index (Phi) is 3.65. The number of rotatable bonds is 2. The molecule has 0 bridgehead atoms. The van der Waals surface area contributed by atoms with Gasteiger partial charge in [-0.3, -0.25) is 0 Å². The summed E-state index contributed by atoms with van der Waals surface area (Å²) in [6.45, 7) is 8.92. The van der Waals surface area contributed by atoms with Gasteiger partial charge in [0, 0.05) is 11.3 Å².